The molecule has 2 aromatic rings. The van der Waals surface area contributed by atoms with E-state index in [9.17, 15) is 9.59 Å². The molecule has 1 amide bonds. The molecule has 0 unspecified atom stereocenters. The molecule has 0 aromatic heterocycles. The highest BCUT2D eigenvalue weighted by Crippen LogP contribution is 2.16. The van der Waals surface area contributed by atoms with Crippen LogP contribution in [0.2, 0.25) is 5.02 Å². The second-order valence-corrected chi connectivity index (χ2v) is 6.22. The number of amides is 1. The van der Waals surface area contributed by atoms with Gasteiger partial charge >= 0.3 is 5.97 Å². The fourth-order valence-corrected chi connectivity index (χ4v) is 2.87. The summed E-state index contributed by atoms with van der Waals surface area (Å²) in [6.07, 6.45) is 0. The lowest BCUT2D eigenvalue weighted by atomic mass is 10.2. The van der Waals surface area contributed by atoms with Crippen LogP contribution in [0.15, 0.2) is 54.6 Å². The number of carbonyl (C=O) groups is 2. The standard InChI is InChI=1S/C19H19ClN2O3/c20-16-8-6-15(7-9-16)19(24)25-14-18(23)22-12-10-21(11-13-22)17-4-2-1-3-5-17/h1-9H,10-14H2. The molecule has 1 heterocycles. The Balaban J connectivity index is 1.46. The van der Waals surface area contributed by atoms with E-state index in [0.29, 0.717) is 23.7 Å². The van der Waals surface area contributed by atoms with Crippen molar-refractivity contribution in [1.29, 1.82) is 0 Å². The third-order valence-electron chi connectivity index (χ3n) is 4.16. The number of halogens is 1. The van der Waals surface area contributed by atoms with E-state index < -0.39 is 5.97 Å². The predicted octanol–water partition coefficient (Wildman–Crippen LogP) is 2.85. The molecule has 0 spiro atoms. The number of carbonyl (C=O) groups excluding carboxylic acids is 2. The zero-order valence-electron chi connectivity index (χ0n) is 13.7. The summed E-state index contributed by atoms with van der Waals surface area (Å²) in [7, 11) is 0. The van der Waals surface area contributed by atoms with Gasteiger partial charge in [0.25, 0.3) is 5.91 Å². The lowest BCUT2D eigenvalue weighted by molar-refractivity contribution is -0.134. The molecule has 1 aliphatic heterocycles. The van der Waals surface area contributed by atoms with Crippen LogP contribution in [-0.4, -0.2) is 49.6 Å². The Kier molecular flexibility index (Phi) is 5.56. The zero-order chi connectivity index (χ0) is 17.6. The summed E-state index contributed by atoms with van der Waals surface area (Å²) in [5.41, 5.74) is 1.54. The fourth-order valence-electron chi connectivity index (χ4n) is 2.74. The van der Waals surface area contributed by atoms with Crippen LogP contribution in [0.1, 0.15) is 10.4 Å². The molecule has 130 valence electrons. The molecule has 0 atom stereocenters. The summed E-state index contributed by atoms with van der Waals surface area (Å²) in [4.78, 5) is 28.1. The third kappa shape index (κ3) is 4.51. The first kappa shape index (κ1) is 17.3. The SMILES string of the molecule is O=C(OCC(=O)N1CCN(c2ccccc2)CC1)c1ccc(Cl)cc1. The maximum Gasteiger partial charge on any atom is 0.338 e. The Hall–Kier alpha value is -2.53. The Morgan fingerprint density at radius 3 is 2.20 bits per heavy atom. The first-order chi connectivity index (χ1) is 12.1. The van der Waals surface area contributed by atoms with Gasteiger partial charge in [-0.25, -0.2) is 4.79 Å². The van der Waals surface area contributed by atoms with Crippen LogP contribution in [0.5, 0.6) is 0 Å². The van der Waals surface area contributed by atoms with Crippen LogP contribution in [0, 0.1) is 0 Å². The van der Waals surface area contributed by atoms with Crippen LogP contribution in [0.25, 0.3) is 0 Å². The Morgan fingerprint density at radius 2 is 1.56 bits per heavy atom. The van der Waals surface area contributed by atoms with Gasteiger partial charge in [-0.3, -0.25) is 4.79 Å². The van der Waals surface area contributed by atoms with E-state index in [4.69, 9.17) is 16.3 Å². The number of piperazine rings is 1. The minimum atomic E-state index is -0.520. The van der Waals surface area contributed by atoms with Crippen molar-refractivity contribution in [1.82, 2.24) is 4.90 Å². The monoisotopic (exact) mass is 358 g/mol. The maximum atomic E-state index is 12.2. The summed E-state index contributed by atoms with van der Waals surface area (Å²) in [5, 5.41) is 0.545. The fraction of sp³-hybridized carbons (Fsp3) is 0.263. The minimum absolute atomic E-state index is 0.171. The van der Waals surface area contributed by atoms with Crippen LogP contribution in [-0.2, 0) is 9.53 Å². The van der Waals surface area contributed by atoms with Gasteiger partial charge in [-0.2, -0.15) is 0 Å². The predicted molar refractivity (Wildman–Crippen MR) is 97.0 cm³/mol. The van der Waals surface area contributed by atoms with E-state index in [-0.39, 0.29) is 12.5 Å². The maximum absolute atomic E-state index is 12.2. The van der Waals surface area contributed by atoms with E-state index in [0.717, 1.165) is 18.8 Å². The van der Waals surface area contributed by atoms with Crippen LogP contribution < -0.4 is 4.90 Å². The summed E-state index contributed by atoms with van der Waals surface area (Å²) in [5.74, 6) is -0.692. The van der Waals surface area contributed by atoms with Gasteiger partial charge in [-0.05, 0) is 36.4 Å². The van der Waals surface area contributed by atoms with E-state index in [2.05, 4.69) is 17.0 Å². The summed E-state index contributed by atoms with van der Waals surface area (Å²) < 4.78 is 5.11. The second kappa shape index (κ2) is 8.03. The van der Waals surface area contributed by atoms with E-state index in [1.165, 1.54) is 0 Å². The third-order valence-corrected chi connectivity index (χ3v) is 4.41. The van der Waals surface area contributed by atoms with Crippen molar-refractivity contribution < 1.29 is 14.3 Å². The lowest BCUT2D eigenvalue weighted by Crippen LogP contribution is -2.49. The quantitative estimate of drug-likeness (QED) is 0.789. The molecule has 1 aliphatic rings. The first-order valence-corrected chi connectivity index (χ1v) is 8.52. The molecule has 5 nitrogen and oxygen atoms in total. The molecule has 0 saturated carbocycles. The van der Waals surface area contributed by atoms with Crippen LogP contribution in [0.3, 0.4) is 0 Å². The number of benzene rings is 2. The van der Waals surface area contributed by atoms with E-state index >= 15 is 0 Å². The number of ether oxygens (including phenoxy) is 1. The van der Waals surface area contributed by atoms with Gasteiger partial charge in [0.2, 0.25) is 0 Å². The van der Waals surface area contributed by atoms with E-state index in [1.807, 2.05) is 18.2 Å². The van der Waals surface area contributed by atoms with E-state index in [1.54, 1.807) is 29.2 Å². The number of para-hydroxylation sites is 1. The average molecular weight is 359 g/mol. The first-order valence-electron chi connectivity index (χ1n) is 8.14. The van der Waals surface area contributed by atoms with Crippen molar-refractivity contribution in [3.05, 3.63) is 65.2 Å². The van der Waals surface area contributed by atoms with Crippen LogP contribution in [0.4, 0.5) is 5.69 Å². The van der Waals surface area contributed by atoms with Gasteiger partial charge in [-0.1, -0.05) is 29.8 Å². The van der Waals surface area contributed by atoms with Crippen molar-refractivity contribution in [2.45, 2.75) is 0 Å². The highest BCUT2D eigenvalue weighted by Gasteiger charge is 2.22. The van der Waals surface area contributed by atoms with Crippen molar-refractivity contribution >= 4 is 29.2 Å². The minimum Gasteiger partial charge on any atom is -0.452 e. The number of rotatable bonds is 4. The number of hydrogen-bond acceptors (Lipinski definition) is 4. The van der Waals surface area contributed by atoms with Gasteiger partial charge in [0, 0.05) is 36.9 Å². The topological polar surface area (TPSA) is 49.9 Å². The number of nitrogens with zero attached hydrogens (tertiary/aromatic N) is 2. The Bertz CT molecular complexity index is 726. The molecule has 25 heavy (non-hydrogen) atoms. The number of esters is 1. The summed E-state index contributed by atoms with van der Waals surface area (Å²) in [6, 6.07) is 16.5. The molecule has 0 N–H and O–H groups in total. The van der Waals surface area contributed by atoms with Gasteiger partial charge in [0.15, 0.2) is 6.61 Å². The van der Waals surface area contributed by atoms with Gasteiger partial charge in [0.05, 0.1) is 5.56 Å². The molecule has 1 fully saturated rings. The van der Waals surface area contributed by atoms with Gasteiger partial charge < -0.3 is 14.5 Å². The highest BCUT2D eigenvalue weighted by molar-refractivity contribution is 6.30. The zero-order valence-corrected chi connectivity index (χ0v) is 14.5. The molecule has 0 bridgehead atoms. The summed E-state index contributed by atoms with van der Waals surface area (Å²) >= 11 is 5.78. The molecule has 3 rings (SSSR count). The highest BCUT2D eigenvalue weighted by atomic mass is 35.5. The smallest absolute Gasteiger partial charge is 0.338 e. The Labute approximate surface area is 151 Å². The molecule has 2 aromatic carbocycles. The van der Waals surface area contributed by atoms with Crippen molar-refractivity contribution in [3.63, 3.8) is 0 Å². The molecular formula is C19H19ClN2O3. The van der Waals surface area contributed by atoms with Gasteiger partial charge in [-0.15, -0.1) is 0 Å². The average Bonchev–Trinajstić information content (AvgIpc) is 2.67. The largest absolute Gasteiger partial charge is 0.452 e. The molecule has 0 radical (unpaired) electrons. The van der Waals surface area contributed by atoms with Crippen molar-refractivity contribution in [3.8, 4) is 0 Å². The number of anilines is 1. The molecule has 6 heteroatoms. The van der Waals surface area contributed by atoms with Gasteiger partial charge in [0.1, 0.15) is 0 Å². The Morgan fingerprint density at radius 1 is 0.920 bits per heavy atom. The normalized spacial score (nSPS) is 14.3. The summed E-state index contributed by atoms with van der Waals surface area (Å²) in [6.45, 7) is 2.52. The number of hydrogen-bond donors (Lipinski definition) is 0. The van der Waals surface area contributed by atoms with Crippen molar-refractivity contribution in [2.24, 2.45) is 0 Å². The molecule has 1 saturated heterocycles. The molecule has 0 aliphatic carbocycles. The second-order valence-electron chi connectivity index (χ2n) is 5.79. The lowest BCUT2D eigenvalue weighted by Gasteiger charge is -2.36. The van der Waals surface area contributed by atoms with Crippen molar-refractivity contribution in [2.75, 3.05) is 37.7 Å². The molecular weight excluding hydrogens is 340 g/mol. The van der Waals surface area contributed by atoms with Crippen LogP contribution >= 0.6 is 11.6 Å².